The fraction of sp³-hybridized carbons (Fsp3) is 0.400. The quantitative estimate of drug-likeness (QED) is 0.767. The molecule has 1 atom stereocenters. The molecule has 1 aromatic carbocycles. The molecule has 3 N–H and O–H groups in total. The van der Waals surface area contributed by atoms with Gasteiger partial charge in [0.2, 0.25) is 0 Å². The molecule has 0 bridgehead atoms. The lowest BCUT2D eigenvalue weighted by Crippen LogP contribution is -2.28. The molecule has 0 amide bonds. The van der Waals surface area contributed by atoms with E-state index in [0.29, 0.717) is 17.1 Å². The van der Waals surface area contributed by atoms with Crippen LogP contribution in [-0.4, -0.2) is 22.9 Å². The number of phenols is 1. The SMILES string of the molecule is C[C@@H](CO)NCc1cc(Cl)cc(Cl)c1O. The number of phenolic OH excluding ortho intramolecular Hbond substituents is 1. The standard InChI is InChI=1S/C10H13Cl2NO2/c1-6(5-14)13-4-7-2-8(11)3-9(12)10(7)15/h2-3,6,13-15H,4-5H2,1H3/t6-/m0/s1. The summed E-state index contributed by atoms with van der Waals surface area (Å²) in [6.45, 7) is 2.28. The second kappa shape index (κ2) is 5.56. The Morgan fingerprint density at radius 2 is 2.07 bits per heavy atom. The van der Waals surface area contributed by atoms with E-state index in [0.717, 1.165) is 0 Å². The first kappa shape index (κ1) is 12.6. The van der Waals surface area contributed by atoms with E-state index < -0.39 is 0 Å². The summed E-state index contributed by atoms with van der Waals surface area (Å²) >= 11 is 11.6. The Morgan fingerprint density at radius 3 is 2.67 bits per heavy atom. The first-order valence-electron chi connectivity index (χ1n) is 4.55. The molecule has 1 aromatic rings. The van der Waals surface area contributed by atoms with Gasteiger partial charge in [-0.3, -0.25) is 0 Å². The summed E-state index contributed by atoms with van der Waals surface area (Å²) in [5.41, 5.74) is 0.618. The number of aliphatic hydroxyl groups excluding tert-OH is 1. The summed E-state index contributed by atoms with van der Waals surface area (Å²) in [6, 6.07) is 3.08. The van der Waals surface area contributed by atoms with Gasteiger partial charge in [-0.2, -0.15) is 0 Å². The van der Waals surface area contributed by atoms with Crippen LogP contribution in [0.1, 0.15) is 12.5 Å². The van der Waals surface area contributed by atoms with Gasteiger partial charge in [0.15, 0.2) is 0 Å². The topological polar surface area (TPSA) is 52.5 Å². The van der Waals surface area contributed by atoms with Crippen molar-refractivity contribution in [1.29, 1.82) is 0 Å². The summed E-state index contributed by atoms with van der Waals surface area (Å²) in [4.78, 5) is 0. The Bertz CT molecular complexity index is 344. The zero-order valence-corrected chi connectivity index (χ0v) is 9.81. The molecule has 84 valence electrons. The van der Waals surface area contributed by atoms with Gasteiger partial charge in [0.05, 0.1) is 11.6 Å². The van der Waals surface area contributed by atoms with E-state index in [1.54, 1.807) is 6.07 Å². The molecule has 0 aromatic heterocycles. The molecule has 0 unspecified atom stereocenters. The highest BCUT2D eigenvalue weighted by Gasteiger charge is 2.08. The van der Waals surface area contributed by atoms with Crippen LogP contribution >= 0.6 is 23.2 Å². The lowest BCUT2D eigenvalue weighted by atomic mass is 10.2. The molecule has 0 radical (unpaired) electrons. The number of halogens is 2. The molecule has 0 heterocycles. The molecule has 0 spiro atoms. The third-order valence-electron chi connectivity index (χ3n) is 2.02. The molecule has 3 nitrogen and oxygen atoms in total. The van der Waals surface area contributed by atoms with E-state index in [1.807, 2.05) is 6.92 Å². The predicted molar refractivity (Wildman–Crippen MR) is 61.5 cm³/mol. The van der Waals surface area contributed by atoms with Crippen molar-refractivity contribution in [2.75, 3.05) is 6.61 Å². The number of nitrogens with one attached hydrogen (secondary N) is 1. The van der Waals surface area contributed by atoms with Crippen LogP contribution in [-0.2, 0) is 6.54 Å². The molecule has 1 rings (SSSR count). The molecule has 0 aliphatic carbocycles. The number of hydrogen-bond donors (Lipinski definition) is 3. The van der Waals surface area contributed by atoms with Gasteiger partial charge in [-0.05, 0) is 19.1 Å². The Balaban J connectivity index is 2.76. The van der Waals surface area contributed by atoms with Gasteiger partial charge in [-0.25, -0.2) is 0 Å². The lowest BCUT2D eigenvalue weighted by Gasteiger charge is -2.12. The number of aliphatic hydroxyl groups is 1. The van der Waals surface area contributed by atoms with Crippen LogP contribution < -0.4 is 5.32 Å². The maximum absolute atomic E-state index is 9.61. The summed E-state index contributed by atoms with van der Waals surface area (Å²) in [5.74, 6) is 0.0266. The maximum Gasteiger partial charge on any atom is 0.138 e. The minimum absolute atomic E-state index is 0.0266. The van der Waals surface area contributed by atoms with Gasteiger partial charge in [-0.15, -0.1) is 0 Å². The van der Waals surface area contributed by atoms with Gasteiger partial charge in [-0.1, -0.05) is 23.2 Å². The van der Waals surface area contributed by atoms with E-state index in [9.17, 15) is 5.11 Å². The van der Waals surface area contributed by atoms with Crippen molar-refractivity contribution >= 4 is 23.2 Å². The van der Waals surface area contributed by atoms with Crippen LogP contribution in [0.3, 0.4) is 0 Å². The van der Waals surface area contributed by atoms with Crippen LogP contribution in [0.4, 0.5) is 0 Å². The Morgan fingerprint density at radius 1 is 1.40 bits per heavy atom. The minimum Gasteiger partial charge on any atom is -0.506 e. The first-order chi connectivity index (χ1) is 7.04. The van der Waals surface area contributed by atoms with Crippen molar-refractivity contribution in [3.05, 3.63) is 27.7 Å². The third kappa shape index (κ3) is 3.54. The summed E-state index contributed by atoms with van der Waals surface area (Å²) in [5, 5.41) is 22.2. The zero-order chi connectivity index (χ0) is 11.4. The highest BCUT2D eigenvalue weighted by Crippen LogP contribution is 2.30. The highest BCUT2D eigenvalue weighted by molar-refractivity contribution is 6.35. The van der Waals surface area contributed by atoms with E-state index in [-0.39, 0.29) is 23.4 Å². The number of hydrogen-bond acceptors (Lipinski definition) is 3. The average Bonchev–Trinajstić information content (AvgIpc) is 2.20. The third-order valence-corrected chi connectivity index (χ3v) is 2.53. The average molecular weight is 250 g/mol. The smallest absolute Gasteiger partial charge is 0.138 e. The Hall–Kier alpha value is -0.480. The molecule has 0 saturated heterocycles. The molecular formula is C10H13Cl2NO2. The maximum atomic E-state index is 9.61. The van der Waals surface area contributed by atoms with Crippen LogP contribution in [0.15, 0.2) is 12.1 Å². The van der Waals surface area contributed by atoms with E-state index in [4.69, 9.17) is 28.3 Å². The molecule has 0 fully saturated rings. The molecule has 5 heteroatoms. The Labute approximate surface area is 98.6 Å². The van der Waals surface area contributed by atoms with Gasteiger partial charge in [0.25, 0.3) is 0 Å². The van der Waals surface area contributed by atoms with Crippen LogP contribution in [0, 0.1) is 0 Å². The first-order valence-corrected chi connectivity index (χ1v) is 5.31. The van der Waals surface area contributed by atoms with Crippen LogP contribution in [0.2, 0.25) is 10.0 Å². The molecule has 15 heavy (non-hydrogen) atoms. The molecule has 0 saturated carbocycles. The van der Waals surface area contributed by atoms with Gasteiger partial charge < -0.3 is 15.5 Å². The Kier molecular flexibility index (Phi) is 4.67. The minimum atomic E-state index is -0.0397. The van der Waals surface area contributed by atoms with Gasteiger partial charge >= 0.3 is 0 Å². The zero-order valence-electron chi connectivity index (χ0n) is 8.30. The monoisotopic (exact) mass is 249 g/mol. The van der Waals surface area contributed by atoms with E-state index >= 15 is 0 Å². The second-order valence-electron chi connectivity index (χ2n) is 3.36. The van der Waals surface area contributed by atoms with Crippen molar-refractivity contribution < 1.29 is 10.2 Å². The predicted octanol–water partition coefficient (Wildman–Crippen LogP) is 2.17. The van der Waals surface area contributed by atoms with Gasteiger partial charge in [0, 0.05) is 23.2 Å². The number of benzene rings is 1. The molecule has 0 aliphatic heterocycles. The summed E-state index contributed by atoms with van der Waals surface area (Å²) in [7, 11) is 0. The van der Waals surface area contributed by atoms with Crippen molar-refractivity contribution in [2.45, 2.75) is 19.5 Å². The van der Waals surface area contributed by atoms with Crippen molar-refractivity contribution in [3.8, 4) is 5.75 Å². The highest BCUT2D eigenvalue weighted by atomic mass is 35.5. The largest absolute Gasteiger partial charge is 0.506 e. The number of aromatic hydroxyl groups is 1. The fourth-order valence-corrected chi connectivity index (χ4v) is 1.64. The van der Waals surface area contributed by atoms with Crippen molar-refractivity contribution in [3.63, 3.8) is 0 Å². The van der Waals surface area contributed by atoms with E-state index in [2.05, 4.69) is 5.32 Å². The van der Waals surface area contributed by atoms with Crippen LogP contribution in [0.5, 0.6) is 5.75 Å². The normalized spacial score (nSPS) is 12.8. The second-order valence-corrected chi connectivity index (χ2v) is 4.20. The fourth-order valence-electron chi connectivity index (χ4n) is 1.10. The van der Waals surface area contributed by atoms with E-state index in [1.165, 1.54) is 6.07 Å². The molecular weight excluding hydrogens is 237 g/mol. The van der Waals surface area contributed by atoms with Crippen LogP contribution in [0.25, 0.3) is 0 Å². The molecule has 0 aliphatic rings. The van der Waals surface area contributed by atoms with Gasteiger partial charge in [0.1, 0.15) is 5.75 Å². The summed E-state index contributed by atoms with van der Waals surface area (Å²) in [6.07, 6.45) is 0. The summed E-state index contributed by atoms with van der Waals surface area (Å²) < 4.78 is 0. The lowest BCUT2D eigenvalue weighted by molar-refractivity contribution is 0.250. The van der Waals surface area contributed by atoms with Crippen molar-refractivity contribution in [2.24, 2.45) is 0 Å². The van der Waals surface area contributed by atoms with Crippen molar-refractivity contribution in [1.82, 2.24) is 5.32 Å². The number of rotatable bonds is 4.